The highest BCUT2D eigenvalue weighted by Crippen LogP contribution is 2.38. The summed E-state index contributed by atoms with van der Waals surface area (Å²) >= 11 is 0. The number of ether oxygens (including phenoxy) is 1. The molecule has 28 heavy (non-hydrogen) atoms. The third kappa shape index (κ3) is 3.96. The van der Waals surface area contributed by atoms with Gasteiger partial charge in [-0.05, 0) is 69.7 Å². The highest BCUT2D eigenvalue weighted by molar-refractivity contribution is 5.75. The van der Waals surface area contributed by atoms with E-state index in [9.17, 15) is 4.79 Å². The monoisotopic (exact) mass is 376 g/mol. The van der Waals surface area contributed by atoms with Gasteiger partial charge in [-0.2, -0.15) is 0 Å². The molecule has 4 heteroatoms. The van der Waals surface area contributed by atoms with E-state index in [0.29, 0.717) is 0 Å². The lowest BCUT2D eigenvalue weighted by Crippen LogP contribution is -2.53. The highest BCUT2D eigenvalue weighted by Gasteiger charge is 2.39. The van der Waals surface area contributed by atoms with Crippen LogP contribution >= 0.6 is 0 Å². The van der Waals surface area contributed by atoms with E-state index in [1.165, 1.54) is 11.1 Å². The van der Waals surface area contributed by atoms with E-state index in [1.54, 1.807) is 0 Å². The summed E-state index contributed by atoms with van der Waals surface area (Å²) in [6.45, 7) is 5.78. The number of hydrogen-bond donors (Lipinski definition) is 0. The molecule has 2 unspecified atom stereocenters. The number of pyridine rings is 1. The predicted molar refractivity (Wildman–Crippen MR) is 112 cm³/mol. The standard InChI is InChI=1S/C24H28N2O2/c1-24(2,3)28-23(27)26-20-7-6-8-21(26)16-19(15-20)17-10-12-18(13-11-17)22-9-4-5-14-25-22/h4-5,9-15,20-21H,6-8,16H2,1-3H3. The Bertz CT molecular complexity index is 866. The van der Waals surface area contributed by atoms with E-state index in [-0.39, 0.29) is 18.2 Å². The number of amides is 1. The van der Waals surface area contributed by atoms with Crippen LogP contribution in [0, 0.1) is 0 Å². The van der Waals surface area contributed by atoms with Gasteiger partial charge in [0.15, 0.2) is 0 Å². The molecule has 2 aliphatic rings. The average molecular weight is 377 g/mol. The van der Waals surface area contributed by atoms with Crippen molar-refractivity contribution >= 4 is 11.7 Å². The SMILES string of the molecule is CC(C)(C)OC(=O)N1C2C=C(c3ccc(-c4ccccn4)cc3)CC1CCC2. The minimum atomic E-state index is -0.462. The van der Waals surface area contributed by atoms with Crippen LogP contribution in [-0.2, 0) is 4.74 Å². The number of aromatic nitrogens is 1. The highest BCUT2D eigenvalue weighted by atomic mass is 16.6. The van der Waals surface area contributed by atoms with E-state index < -0.39 is 5.60 Å². The number of fused-ring (bicyclic) bond motifs is 2. The van der Waals surface area contributed by atoms with E-state index in [0.717, 1.165) is 36.9 Å². The Labute approximate surface area is 167 Å². The second-order valence-corrected chi connectivity index (χ2v) is 8.73. The Morgan fingerprint density at radius 2 is 1.82 bits per heavy atom. The first-order chi connectivity index (χ1) is 13.4. The maximum atomic E-state index is 12.7. The molecule has 0 N–H and O–H groups in total. The third-order valence-electron chi connectivity index (χ3n) is 5.46. The van der Waals surface area contributed by atoms with Crippen molar-refractivity contribution < 1.29 is 9.53 Å². The van der Waals surface area contributed by atoms with Gasteiger partial charge >= 0.3 is 6.09 Å². The van der Waals surface area contributed by atoms with Crippen molar-refractivity contribution in [3.05, 3.63) is 60.3 Å². The average Bonchev–Trinajstić information content (AvgIpc) is 2.66. The van der Waals surface area contributed by atoms with Crippen LogP contribution < -0.4 is 0 Å². The number of benzene rings is 1. The maximum Gasteiger partial charge on any atom is 0.411 e. The molecule has 2 aromatic rings. The summed E-state index contributed by atoms with van der Waals surface area (Å²) in [6.07, 6.45) is 8.01. The Morgan fingerprint density at radius 1 is 1.07 bits per heavy atom. The van der Waals surface area contributed by atoms with Gasteiger partial charge in [-0.1, -0.05) is 36.4 Å². The molecule has 1 saturated heterocycles. The van der Waals surface area contributed by atoms with E-state index in [4.69, 9.17) is 4.74 Å². The first kappa shape index (κ1) is 18.7. The zero-order valence-corrected chi connectivity index (χ0v) is 16.9. The normalized spacial score (nSPS) is 21.8. The third-order valence-corrected chi connectivity index (χ3v) is 5.46. The van der Waals surface area contributed by atoms with Gasteiger partial charge in [0.25, 0.3) is 0 Å². The van der Waals surface area contributed by atoms with Crippen molar-refractivity contribution in [2.45, 2.75) is 64.1 Å². The molecule has 4 rings (SSSR count). The van der Waals surface area contributed by atoms with Gasteiger partial charge in [-0.25, -0.2) is 4.79 Å². The summed E-state index contributed by atoms with van der Waals surface area (Å²) in [6, 6.07) is 14.9. The second kappa shape index (κ2) is 7.42. The summed E-state index contributed by atoms with van der Waals surface area (Å²) in [7, 11) is 0. The molecule has 1 fully saturated rings. The molecule has 2 aliphatic heterocycles. The first-order valence-corrected chi connectivity index (χ1v) is 10.1. The maximum absolute atomic E-state index is 12.7. The number of rotatable bonds is 2. The van der Waals surface area contributed by atoms with Gasteiger partial charge in [0, 0.05) is 17.8 Å². The number of hydrogen-bond acceptors (Lipinski definition) is 3. The van der Waals surface area contributed by atoms with Crippen LogP contribution in [0.15, 0.2) is 54.7 Å². The fourth-order valence-electron chi connectivity index (χ4n) is 4.23. The Hall–Kier alpha value is -2.62. The summed E-state index contributed by atoms with van der Waals surface area (Å²) in [5, 5.41) is 0. The minimum absolute atomic E-state index is 0.132. The quantitative estimate of drug-likeness (QED) is 0.676. The molecule has 0 radical (unpaired) electrons. The van der Waals surface area contributed by atoms with Gasteiger partial charge in [0.05, 0.1) is 11.7 Å². The molecule has 2 atom stereocenters. The predicted octanol–water partition coefficient (Wildman–Crippen LogP) is 5.69. The first-order valence-electron chi connectivity index (χ1n) is 10.1. The molecule has 2 bridgehead atoms. The van der Waals surface area contributed by atoms with E-state index in [2.05, 4.69) is 35.3 Å². The van der Waals surface area contributed by atoms with Gasteiger partial charge in [0.2, 0.25) is 0 Å². The smallest absolute Gasteiger partial charge is 0.411 e. The van der Waals surface area contributed by atoms with Crippen LogP contribution in [0.1, 0.15) is 52.0 Å². The molecule has 0 saturated carbocycles. The van der Waals surface area contributed by atoms with Crippen molar-refractivity contribution in [1.29, 1.82) is 0 Å². The lowest BCUT2D eigenvalue weighted by Gasteiger charge is -2.45. The lowest BCUT2D eigenvalue weighted by atomic mass is 9.83. The summed E-state index contributed by atoms with van der Waals surface area (Å²) < 4.78 is 5.67. The van der Waals surface area contributed by atoms with Crippen LogP contribution in [0.4, 0.5) is 4.79 Å². The van der Waals surface area contributed by atoms with Crippen molar-refractivity contribution in [2.24, 2.45) is 0 Å². The number of carbonyl (C=O) groups excluding carboxylic acids is 1. The van der Waals surface area contributed by atoms with Crippen molar-refractivity contribution in [1.82, 2.24) is 9.88 Å². The van der Waals surface area contributed by atoms with Crippen molar-refractivity contribution in [3.8, 4) is 11.3 Å². The molecule has 1 aromatic carbocycles. The molecule has 146 valence electrons. The topological polar surface area (TPSA) is 42.4 Å². The Kier molecular flexibility index (Phi) is 4.96. The van der Waals surface area contributed by atoms with Crippen molar-refractivity contribution in [2.75, 3.05) is 0 Å². The Morgan fingerprint density at radius 3 is 2.46 bits per heavy atom. The molecule has 3 heterocycles. The number of piperidine rings is 1. The summed E-state index contributed by atoms with van der Waals surface area (Å²) in [4.78, 5) is 19.1. The van der Waals surface area contributed by atoms with Crippen LogP contribution in [0.25, 0.3) is 16.8 Å². The van der Waals surface area contributed by atoms with Crippen LogP contribution in [0.2, 0.25) is 0 Å². The summed E-state index contributed by atoms with van der Waals surface area (Å²) in [5.41, 5.74) is 4.22. The number of nitrogens with zero attached hydrogens (tertiary/aromatic N) is 2. The van der Waals surface area contributed by atoms with Gasteiger partial charge < -0.3 is 4.74 Å². The molecule has 1 amide bonds. The van der Waals surface area contributed by atoms with E-state index in [1.807, 2.05) is 50.1 Å². The Balaban J connectivity index is 1.56. The summed E-state index contributed by atoms with van der Waals surface area (Å²) in [5.74, 6) is 0. The second-order valence-electron chi connectivity index (χ2n) is 8.73. The zero-order chi connectivity index (χ0) is 19.7. The molecular weight excluding hydrogens is 348 g/mol. The van der Waals surface area contributed by atoms with Crippen LogP contribution in [-0.4, -0.2) is 33.7 Å². The molecule has 0 aliphatic carbocycles. The minimum Gasteiger partial charge on any atom is -0.444 e. The number of carbonyl (C=O) groups is 1. The largest absolute Gasteiger partial charge is 0.444 e. The van der Waals surface area contributed by atoms with Gasteiger partial charge in [0.1, 0.15) is 5.60 Å². The zero-order valence-electron chi connectivity index (χ0n) is 16.9. The van der Waals surface area contributed by atoms with Crippen LogP contribution in [0.5, 0.6) is 0 Å². The molecular formula is C24H28N2O2. The molecule has 1 aromatic heterocycles. The van der Waals surface area contributed by atoms with Gasteiger partial charge in [-0.3, -0.25) is 9.88 Å². The lowest BCUT2D eigenvalue weighted by molar-refractivity contribution is 0.0000854. The van der Waals surface area contributed by atoms with Crippen LogP contribution in [0.3, 0.4) is 0 Å². The van der Waals surface area contributed by atoms with Crippen molar-refractivity contribution in [3.63, 3.8) is 0 Å². The van der Waals surface area contributed by atoms with Gasteiger partial charge in [-0.15, -0.1) is 0 Å². The molecule has 0 spiro atoms. The van der Waals surface area contributed by atoms with E-state index >= 15 is 0 Å². The fourth-order valence-corrected chi connectivity index (χ4v) is 4.23. The molecule has 4 nitrogen and oxygen atoms in total. The fraction of sp³-hybridized carbons (Fsp3) is 0.417.